The van der Waals surface area contributed by atoms with Crippen LogP contribution >= 0.6 is 24.0 Å². The van der Waals surface area contributed by atoms with Crippen LogP contribution in [0.25, 0.3) is 0 Å². The van der Waals surface area contributed by atoms with E-state index in [0.717, 1.165) is 24.3 Å². The summed E-state index contributed by atoms with van der Waals surface area (Å²) in [6.45, 7) is 10.5. The molecule has 3 N–H and O–H groups in total. The predicted octanol–water partition coefficient (Wildman–Crippen LogP) is 3.00. The minimum absolute atomic E-state index is 0. The van der Waals surface area contributed by atoms with E-state index in [1.165, 1.54) is 25.7 Å². The predicted molar refractivity (Wildman–Crippen MR) is 101 cm³/mol. The minimum Gasteiger partial charge on any atom is -0.396 e. The zero-order valence-electron chi connectivity index (χ0n) is 14.1. The van der Waals surface area contributed by atoms with Crippen molar-refractivity contribution in [1.29, 1.82) is 0 Å². The normalized spacial score (nSPS) is 24.4. The van der Waals surface area contributed by atoms with Crippen LogP contribution in [0.5, 0.6) is 0 Å². The Hall–Kier alpha value is -0.0400. The standard InChI is InChI=1S/C16H33N3O.HI/c1-5-17-16(18-10-13(4)11-20)19-15-8-6-14(7-9-15)12(2)3;/h12-15,20H,5-11H2,1-4H3,(H2,17,18,19);1H. The Morgan fingerprint density at radius 3 is 2.29 bits per heavy atom. The number of halogens is 1. The fourth-order valence-electron chi connectivity index (χ4n) is 2.75. The van der Waals surface area contributed by atoms with Gasteiger partial charge in [-0.05, 0) is 50.4 Å². The van der Waals surface area contributed by atoms with E-state index in [4.69, 9.17) is 5.11 Å². The summed E-state index contributed by atoms with van der Waals surface area (Å²) in [7, 11) is 0. The van der Waals surface area contributed by atoms with Gasteiger partial charge in [-0.2, -0.15) is 0 Å². The van der Waals surface area contributed by atoms with Crippen molar-refractivity contribution in [3.8, 4) is 0 Å². The van der Waals surface area contributed by atoms with Gasteiger partial charge < -0.3 is 15.7 Å². The molecule has 1 aliphatic carbocycles. The number of hydrogen-bond acceptors (Lipinski definition) is 2. The fourth-order valence-corrected chi connectivity index (χ4v) is 2.75. The molecular weight excluding hydrogens is 377 g/mol. The molecule has 1 fully saturated rings. The van der Waals surface area contributed by atoms with Gasteiger partial charge >= 0.3 is 0 Å². The average Bonchev–Trinajstić information content (AvgIpc) is 2.45. The van der Waals surface area contributed by atoms with Crippen molar-refractivity contribution in [2.24, 2.45) is 22.7 Å². The van der Waals surface area contributed by atoms with Gasteiger partial charge in [0.25, 0.3) is 0 Å². The molecule has 126 valence electrons. The maximum Gasteiger partial charge on any atom is 0.191 e. The summed E-state index contributed by atoms with van der Waals surface area (Å²) in [4.78, 5) is 4.57. The van der Waals surface area contributed by atoms with Crippen LogP contribution in [0.15, 0.2) is 4.99 Å². The van der Waals surface area contributed by atoms with Gasteiger partial charge in [-0.25, -0.2) is 0 Å². The lowest BCUT2D eigenvalue weighted by molar-refractivity contribution is 0.241. The Balaban J connectivity index is 0.00000400. The maximum atomic E-state index is 9.07. The smallest absolute Gasteiger partial charge is 0.191 e. The van der Waals surface area contributed by atoms with E-state index >= 15 is 0 Å². The Labute approximate surface area is 147 Å². The van der Waals surface area contributed by atoms with Crippen LogP contribution in [0.1, 0.15) is 53.4 Å². The Morgan fingerprint density at radius 1 is 1.19 bits per heavy atom. The molecule has 1 unspecified atom stereocenters. The van der Waals surface area contributed by atoms with Crippen LogP contribution in [0.2, 0.25) is 0 Å². The summed E-state index contributed by atoms with van der Waals surface area (Å²) < 4.78 is 0. The van der Waals surface area contributed by atoms with E-state index in [0.29, 0.717) is 12.6 Å². The molecule has 0 saturated heterocycles. The molecular formula is C16H34IN3O. The van der Waals surface area contributed by atoms with E-state index in [1.807, 2.05) is 6.92 Å². The third kappa shape index (κ3) is 8.24. The lowest BCUT2D eigenvalue weighted by atomic mass is 9.80. The van der Waals surface area contributed by atoms with Gasteiger partial charge in [-0.1, -0.05) is 20.8 Å². The SMILES string of the molecule is CCNC(=NCC(C)CO)NC1CCC(C(C)C)CC1.I. The number of nitrogens with one attached hydrogen (secondary N) is 2. The van der Waals surface area contributed by atoms with Crippen molar-refractivity contribution in [2.75, 3.05) is 19.7 Å². The quantitative estimate of drug-likeness (QED) is 0.358. The molecule has 0 heterocycles. The molecule has 0 aromatic rings. The molecule has 1 atom stereocenters. The summed E-state index contributed by atoms with van der Waals surface area (Å²) in [6.07, 6.45) is 5.12. The van der Waals surface area contributed by atoms with E-state index in [9.17, 15) is 0 Å². The summed E-state index contributed by atoms with van der Waals surface area (Å²) in [5.74, 6) is 2.83. The Bertz CT molecular complexity index is 289. The van der Waals surface area contributed by atoms with E-state index < -0.39 is 0 Å². The molecule has 0 aliphatic heterocycles. The third-order valence-electron chi connectivity index (χ3n) is 4.27. The van der Waals surface area contributed by atoms with Gasteiger partial charge in [0.1, 0.15) is 0 Å². The van der Waals surface area contributed by atoms with Crippen LogP contribution in [0.4, 0.5) is 0 Å². The van der Waals surface area contributed by atoms with Crippen LogP contribution in [-0.2, 0) is 0 Å². The van der Waals surface area contributed by atoms with Gasteiger partial charge in [-0.3, -0.25) is 4.99 Å². The van der Waals surface area contributed by atoms with E-state index in [1.54, 1.807) is 0 Å². The first-order valence-corrected chi connectivity index (χ1v) is 8.22. The van der Waals surface area contributed by atoms with Crippen LogP contribution < -0.4 is 10.6 Å². The molecule has 1 aliphatic rings. The first-order valence-electron chi connectivity index (χ1n) is 8.22. The topological polar surface area (TPSA) is 56.7 Å². The van der Waals surface area contributed by atoms with Crippen molar-refractivity contribution in [3.05, 3.63) is 0 Å². The number of aliphatic imine (C=N–C) groups is 1. The molecule has 0 amide bonds. The highest BCUT2D eigenvalue weighted by Crippen LogP contribution is 2.29. The lowest BCUT2D eigenvalue weighted by Gasteiger charge is -2.32. The Morgan fingerprint density at radius 2 is 1.81 bits per heavy atom. The fraction of sp³-hybridized carbons (Fsp3) is 0.938. The van der Waals surface area contributed by atoms with Gasteiger partial charge in [0.15, 0.2) is 5.96 Å². The van der Waals surface area contributed by atoms with Gasteiger partial charge in [0.05, 0.1) is 0 Å². The molecule has 0 radical (unpaired) electrons. The van der Waals surface area contributed by atoms with Crippen molar-refractivity contribution in [1.82, 2.24) is 10.6 Å². The number of aliphatic hydroxyl groups excluding tert-OH is 1. The number of nitrogens with zero attached hydrogens (tertiary/aromatic N) is 1. The zero-order valence-corrected chi connectivity index (χ0v) is 16.4. The van der Waals surface area contributed by atoms with Crippen LogP contribution in [0, 0.1) is 17.8 Å². The van der Waals surface area contributed by atoms with Crippen molar-refractivity contribution >= 4 is 29.9 Å². The molecule has 0 aromatic carbocycles. The second-order valence-corrected chi connectivity index (χ2v) is 6.51. The number of hydrogen-bond donors (Lipinski definition) is 3. The molecule has 1 rings (SSSR count). The van der Waals surface area contributed by atoms with Crippen LogP contribution in [-0.4, -0.2) is 36.8 Å². The second-order valence-electron chi connectivity index (χ2n) is 6.51. The van der Waals surface area contributed by atoms with Gasteiger partial charge in [0.2, 0.25) is 0 Å². The summed E-state index contributed by atoms with van der Waals surface area (Å²) in [6, 6.07) is 0.548. The van der Waals surface area contributed by atoms with Crippen molar-refractivity contribution in [2.45, 2.75) is 59.4 Å². The minimum atomic E-state index is 0. The van der Waals surface area contributed by atoms with Crippen LogP contribution in [0.3, 0.4) is 0 Å². The molecule has 1 saturated carbocycles. The first-order chi connectivity index (χ1) is 9.56. The lowest BCUT2D eigenvalue weighted by Crippen LogP contribution is -2.45. The maximum absolute atomic E-state index is 9.07. The molecule has 0 bridgehead atoms. The number of rotatable bonds is 6. The zero-order chi connectivity index (χ0) is 15.0. The molecule has 4 nitrogen and oxygen atoms in total. The van der Waals surface area contributed by atoms with E-state index in [-0.39, 0.29) is 36.5 Å². The summed E-state index contributed by atoms with van der Waals surface area (Å²) >= 11 is 0. The molecule has 0 aromatic heterocycles. The monoisotopic (exact) mass is 411 g/mol. The van der Waals surface area contributed by atoms with Gasteiger partial charge in [0, 0.05) is 25.7 Å². The molecule has 21 heavy (non-hydrogen) atoms. The third-order valence-corrected chi connectivity index (χ3v) is 4.27. The Kier molecular flexibility index (Phi) is 11.5. The highest BCUT2D eigenvalue weighted by molar-refractivity contribution is 14.0. The summed E-state index contributed by atoms with van der Waals surface area (Å²) in [5, 5.41) is 15.9. The highest BCUT2D eigenvalue weighted by atomic mass is 127. The van der Waals surface area contributed by atoms with Crippen molar-refractivity contribution < 1.29 is 5.11 Å². The van der Waals surface area contributed by atoms with Gasteiger partial charge in [-0.15, -0.1) is 24.0 Å². The molecule has 0 spiro atoms. The van der Waals surface area contributed by atoms with Crippen molar-refractivity contribution in [3.63, 3.8) is 0 Å². The number of guanidine groups is 1. The molecule has 5 heteroatoms. The largest absolute Gasteiger partial charge is 0.396 e. The first kappa shape index (κ1) is 21.0. The second kappa shape index (κ2) is 11.5. The number of aliphatic hydroxyl groups is 1. The highest BCUT2D eigenvalue weighted by Gasteiger charge is 2.23. The summed E-state index contributed by atoms with van der Waals surface area (Å²) in [5.41, 5.74) is 0. The average molecular weight is 411 g/mol. The van der Waals surface area contributed by atoms with E-state index in [2.05, 4.69) is 36.4 Å².